The van der Waals surface area contributed by atoms with Gasteiger partial charge in [-0.05, 0) is 38.0 Å². The molecule has 110 valence electrons. The second-order valence-electron chi connectivity index (χ2n) is 5.88. The Kier molecular flexibility index (Phi) is 3.96. The van der Waals surface area contributed by atoms with Crippen molar-refractivity contribution in [2.24, 2.45) is 5.92 Å². The van der Waals surface area contributed by atoms with Gasteiger partial charge in [0.15, 0.2) is 5.13 Å². The summed E-state index contributed by atoms with van der Waals surface area (Å²) in [6.45, 7) is 3.01. The minimum absolute atomic E-state index is 0.430. The molecule has 1 aromatic heterocycles. The predicted octanol–water partition coefficient (Wildman–Crippen LogP) is 3.56. The summed E-state index contributed by atoms with van der Waals surface area (Å²) in [6, 6.07) is 0.593. The number of carbonyl (C=O) groups is 1. The van der Waals surface area contributed by atoms with E-state index in [1.54, 1.807) is 0 Å². The topological polar surface area (TPSA) is 53.4 Å². The fourth-order valence-corrected chi connectivity index (χ4v) is 4.81. The molecule has 2 heterocycles. The van der Waals surface area contributed by atoms with Gasteiger partial charge in [0.2, 0.25) is 0 Å². The standard InChI is InChI=1S/C15H22N2O2S/c1-2-11-13(14(18)19)20-15(16-11)17-9-5-8-12(17)10-6-3-4-7-10/h10,12H,2-9H2,1H3,(H,18,19). The van der Waals surface area contributed by atoms with Crippen LogP contribution in [0.15, 0.2) is 0 Å². The second-order valence-corrected chi connectivity index (χ2v) is 6.86. The fraction of sp³-hybridized carbons (Fsp3) is 0.733. The van der Waals surface area contributed by atoms with Crippen molar-refractivity contribution in [1.82, 2.24) is 4.98 Å². The summed E-state index contributed by atoms with van der Waals surface area (Å²) in [7, 11) is 0. The van der Waals surface area contributed by atoms with Gasteiger partial charge in [0.25, 0.3) is 0 Å². The largest absolute Gasteiger partial charge is 0.477 e. The number of aromatic nitrogens is 1. The predicted molar refractivity (Wildman–Crippen MR) is 80.8 cm³/mol. The molecule has 1 N–H and O–H groups in total. The lowest BCUT2D eigenvalue weighted by Gasteiger charge is -2.29. The zero-order valence-corrected chi connectivity index (χ0v) is 12.8. The van der Waals surface area contributed by atoms with Gasteiger partial charge in [-0.1, -0.05) is 31.1 Å². The van der Waals surface area contributed by atoms with Gasteiger partial charge in [-0.2, -0.15) is 0 Å². The van der Waals surface area contributed by atoms with Crippen LogP contribution in [-0.4, -0.2) is 28.6 Å². The first-order valence-corrected chi connectivity index (χ1v) is 8.52. The number of rotatable bonds is 4. The molecule has 1 unspecified atom stereocenters. The molecule has 5 heteroatoms. The van der Waals surface area contributed by atoms with Gasteiger partial charge < -0.3 is 10.0 Å². The van der Waals surface area contributed by atoms with Gasteiger partial charge in [-0.3, -0.25) is 0 Å². The van der Waals surface area contributed by atoms with Crippen LogP contribution in [0.25, 0.3) is 0 Å². The van der Waals surface area contributed by atoms with Gasteiger partial charge >= 0.3 is 5.97 Å². The molecule has 1 aliphatic heterocycles. The molecule has 2 fully saturated rings. The summed E-state index contributed by atoms with van der Waals surface area (Å²) < 4.78 is 0. The zero-order chi connectivity index (χ0) is 14.1. The van der Waals surface area contributed by atoms with E-state index in [1.165, 1.54) is 49.9 Å². The fourth-order valence-electron chi connectivity index (χ4n) is 3.73. The first-order valence-electron chi connectivity index (χ1n) is 7.70. The van der Waals surface area contributed by atoms with Gasteiger partial charge in [0.05, 0.1) is 5.69 Å². The Labute approximate surface area is 123 Å². The highest BCUT2D eigenvalue weighted by atomic mass is 32.1. The number of aryl methyl sites for hydroxylation is 1. The van der Waals surface area contributed by atoms with Gasteiger partial charge in [0.1, 0.15) is 4.88 Å². The van der Waals surface area contributed by atoms with Crippen LogP contribution in [0.3, 0.4) is 0 Å². The van der Waals surface area contributed by atoms with Crippen LogP contribution in [0.1, 0.15) is 60.8 Å². The van der Waals surface area contributed by atoms with Gasteiger partial charge in [0, 0.05) is 12.6 Å². The third-order valence-corrected chi connectivity index (χ3v) is 5.83. The van der Waals surface area contributed by atoms with Crippen molar-refractivity contribution < 1.29 is 9.90 Å². The molecule has 4 nitrogen and oxygen atoms in total. The monoisotopic (exact) mass is 294 g/mol. The molecular formula is C15H22N2O2S. The smallest absolute Gasteiger partial charge is 0.347 e. The lowest BCUT2D eigenvalue weighted by Crippen LogP contribution is -2.34. The van der Waals surface area contributed by atoms with Crippen molar-refractivity contribution in [3.63, 3.8) is 0 Å². The van der Waals surface area contributed by atoms with E-state index >= 15 is 0 Å². The SMILES string of the molecule is CCc1nc(N2CCCC2C2CCCC2)sc1C(=O)O. The molecule has 1 aliphatic carbocycles. The average molecular weight is 294 g/mol. The molecule has 0 radical (unpaired) electrons. The highest BCUT2D eigenvalue weighted by Gasteiger charge is 2.35. The van der Waals surface area contributed by atoms with E-state index in [-0.39, 0.29) is 0 Å². The number of hydrogen-bond donors (Lipinski definition) is 1. The van der Waals surface area contributed by atoms with Gasteiger partial charge in [-0.25, -0.2) is 9.78 Å². The number of aromatic carboxylic acids is 1. The Morgan fingerprint density at radius 2 is 2.10 bits per heavy atom. The summed E-state index contributed by atoms with van der Waals surface area (Å²) in [4.78, 5) is 18.7. The molecule has 0 aromatic carbocycles. The van der Waals surface area contributed by atoms with Crippen molar-refractivity contribution >= 4 is 22.4 Å². The summed E-state index contributed by atoms with van der Waals surface area (Å²) in [5, 5.41) is 10.2. The summed E-state index contributed by atoms with van der Waals surface area (Å²) in [5.41, 5.74) is 0.745. The molecule has 1 saturated heterocycles. The number of carboxylic acids is 1. The number of hydrogen-bond acceptors (Lipinski definition) is 4. The van der Waals surface area contributed by atoms with Crippen molar-refractivity contribution in [3.05, 3.63) is 10.6 Å². The van der Waals surface area contributed by atoms with Crippen LogP contribution < -0.4 is 4.90 Å². The maximum absolute atomic E-state index is 11.3. The summed E-state index contributed by atoms with van der Waals surface area (Å²) >= 11 is 1.37. The molecule has 0 bridgehead atoms. The Morgan fingerprint density at radius 3 is 2.70 bits per heavy atom. The Morgan fingerprint density at radius 1 is 1.35 bits per heavy atom. The van der Waals surface area contributed by atoms with Crippen molar-refractivity contribution in [2.75, 3.05) is 11.4 Å². The van der Waals surface area contributed by atoms with E-state index in [0.29, 0.717) is 17.3 Å². The normalized spacial score (nSPS) is 23.6. The molecule has 0 spiro atoms. The van der Waals surface area contributed by atoms with Crippen LogP contribution in [-0.2, 0) is 6.42 Å². The highest BCUT2D eigenvalue weighted by molar-refractivity contribution is 7.17. The number of thiazole rings is 1. The van der Waals surface area contributed by atoms with E-state index in [1.807, 2.05) is 6.92 Å². The lowest BCUT2D eigenvalue weighted by atomic mass is 9.96. The first kappa shape index (κ1) is 13.9. The van der Waals surface area contributed by atoms with E-state index in [2.05, 4.69) is 9.88 Å². The molecular weight excluding hydrogens is 272 g/mol. The van der Waals surface area contributed by atoms with Crippen LogP contribution in [0, 0.1) is 5.92 Å². The number of carboxylic acid groups (broad SMARTS) is 1. The van der Waals surface area contributed by atoms with E-state index in [0.717, 1.165) is 23.3 Å². The Bertz CT molecular complexity index is 494. The maximum Gasteiger partial charge on any atom is 0.347 e. The minimum atomic E-state index is -0.831. The number of anilines is 1. The average Bonchev–Trinajstić information content (AvgIpc) is 3.16. The molecule has 1 saturated carbocycles. The molecule has 2 aliphatic rings. The third kappa shape index (κ3) is 2.43. The van der Waals surface area contributed by atoms with Crippen molar-refractivity contribution in [2.45, 2.75) is 57.9 Å². The highest BCUT2D eigenvalue weighted by Crippen LogP contribution is 2.39. The summed E-state index contributed by atoms with van der Waals surface area (Å²) in [6.07, 6.45) is 8.53. The second kappa shape index (κ2) is 5.72. The van der Waals surface area contributed by atoms with Crippen LogP contribution in [0.4, 0.5) is 5.13 Å². The third-order valence-electron chi connectivity index (χ3n) is 4.70. The van der Waals surface area contributed by atoms with E-state index < -0.39 is 5.97 Å². The maximum atomic E-state index is 11.3. The molecule has 0 amide bonds. The first-order chi connectivity index (χ1) is 9.70. The Hall–Kier alpha value is -1.10. The number of nitrogens with zero attached hydrogens (tertiary/aromatic N) is 2. The van der Waals surface area contributed by atoms with E-state index in [9.17, 15) is 9.90 Å². The van der Waals surface area contributed by atoms with E-state index in [4.69, 9.17) is 0 Å². The molecule has 3 rings (SSSR count). The van der Waals surface area contributed by atoms with Crippen LogP contribution in [0.5, 0.6) is 0 Å². The molecule has 1 aromatic rings. The van der Waals surface area contributed by atoms with Gasteiger partial charge in [-0.15, -0.1) is 0 Å². The molecule has 20 heavy (non-hydrogen) atoms. The molecule has 1 atom stereocenters. The van der Waals surface area contributed by atoms with Crippen LogP contribution in [0.2, 0.25) is 0 Å². The van der Waals surface area contributed by atoms with Crippen molar-refractivity contribution in [3.8, 4) is 0 Å². The lowest BCUT2D eigenvalue weighted by molar-refractivity contribution is 0.0701. The quantitative estimate of drug-likeness (QED) is 0.922. The van der Waals surface area contributed by atoms with Crippen LogP contribution >= 0.6 is 11.3 Å². The Balaban J connectivity index is 1.85. The zero-order valence-electron chi connectivity index (χ0n) is 12.0. The van der Waals surface area contributed by atoms with Crippen molar-refractivity contribution in [1.29, 1.82) is 0 Å². The summed E-state index contributed by atoms with van der Waals surface area (Å²) in [5.74, 6) is -0.0398. The minimum Gasteiger partial charge on any atom is -0.477 e.